The van der Waals surface area contributed by atoms with Crippen molar-refractivity contribution in [1.29, 1.82) is 0 Å². The molecule has 2 N–H and O–H groups in total. The lowest BCUT2D eigenvalue weighted by molar-refractivity contribution is 0.0692. The van der Waals surface area contributed by atoms with E-state index < -0.39 is 23.2 Å². The predicted octanol–water partition coefficient (Wildman–Crippen LogP) is 3.40. The van der Waals surface area contributed by atoms with Crippen molar-refractivity contribution in [3.05, 3.63) is 54.0 Å². The number of nitrogens with one attached hydrogen (secondary N) is 1. The van der Waals surface area contributed by atoms with Crippen LogP contribution in [0.4, 0.5) is 20.4 Å². The van der Waals surface area contributed by atoms with Crippen LogP contribution in [-0.4, -0.2) is 30.8 Å². The highest BCUT2D eigenvalue weighted by molar-refractivity contribution is 5.89. The van der Waals surface area contributed by atoms with Crippen molar-refractivity contribution in [3.8, 4) is 11.3 Å². The van der Waals surface area contributed by atoms with Crippen molar-refractivity contribution in [2.45, 2.75) is 18.9 Å². The van der Waals surface area contributed by atoms with Crippen LogP contribution >= 0.6 is 0 Å². The Hall–Kier alpha value is -3.36. The second-order valence-corrected chi connectivity index (χ2v) is 5.93. The number of aromatic nitrogens is 4. The van der Waals surface area contributed by atoms with Gasteiger partial charge in [-0.3, -0.25) is 4.68 Å². The van der Waals surface area contributed by atoms with Gasteiger partial charge in [-0.05, 0) is 25.0 Å². The number of aromatic carboxylic acids is 1. The minimum Gasteiger partial charge on any atom is -0.478 e. The van der Waals surface area contributed by atoms with E-state index in [0.717, 1.165) is 25.1 Å². The molecule has 0 atom stereocenters. The fraction of sp³-hybridized carbons (Fsp3) is 0.176. The van der Waals surface area contributed by atoms with Crippen molar-refractivity contribution in [2.24, 2.45) is 0 Å². The Morgan fingerprint density at radius 2 is 2.08 bits per heavy atom. The lowest BCUT2D eigenvalue weighted by Gasteiger charge is -2.08. The first kappa shape index (κ1) is 16.1. The molecule has 3 aromatic rings. The Balaban J connectivity index is 1.68. The Labute approximate surface area is 146 Å². The summed E-state index contributed by atoms with van der Waals surface area (Å²) < 4.78 is 30.4. The van der Waals surface area contributed by atoms with Gasteiger partial charge in [-0.1, -0.05) is 6.07 Å². The fourth-order valence-electron chi connectivity index (χ4n) is 2.57. The molecule has 0 spiro atoms. The normalized spacial score (nSPS) is 13.6. The summed E-state index contributed by atoms with van der Waals surface area (Å²) in [6, 6.07) is 4.10. The number of nitrogens with zero attached hydrogens (tertiary/aromatic N) is 4. The smallest absolute Gasteiger partial charge is 0.338 e. The third-order valence-corrected chi connectivity index (χ3v) is 4.01. The van der Waals surface area contributed by atoms with Gasteiger partial charge in [0.15, 0.2) is 5.82 Å². The van der Waals surface area contributed by atoms with E-state index in [1.165, 1.54) is 12.1 Å². The molecule has 1 fully saturated rings. The summed E-state index contributed by atoms with van der Waals surface area (Å²) >= 11 is 0. The highest BCUT2D eigenvalue weighted by Crippen LogP contribution is 2.35. The maximum Gasteiger partial charge on any atom is 0.338 e. The summed E-state index contributed by atoms with van der Waals surface area (Å²) in [5.41, 5.74) is -0.505. The maximum absolute atomic E-state index is 14.4. The monoisotopic (exact) mass is 357 g/mol. The van der Waals surface area contributed by atoms with Gasteiger partial charge in [0.05, 0.1) is 29.7 Å². The van der Waals surface area contributed by atoms with E-state index in [0.29, 0.717) is 11.7 Å². The van der Waals surface area contributed by atoms with Crippen molar-refractivity contribution in [1.82, 2.24) is 19.7 Å². The van der Waals surface area contributed by atoms with Gasteiger partial charge in [0.25, 0.3) is 0 Å². The van der Waals surface area contributed by atoms with Gasteiger partial charge >= 0.3 is 5.97 Å². The van der Waals surface area contributed by atoms with Gasteiger partial charge < -0.3 is 10.4 Å². The largest absolute Gasteiger partial charge is 0.478 e. The molecule has 132 valence electrons. The summed E-state index contributed by atoms with van der Waals surface area (Å²) in [6.45, 7) is 0. The van der Waals surface area contributed by atoms with E-state index >= 15 is 0 Å². The van der Waals surface area contributed by atoms with Crippen LogP contribution < -0.4 is 5.32 Å². The Morgan fingerprint density at radius 1 is 1.27 bits per heavy atom. The zero-order chi connectivity index (χ0) is 18.3. The van der Waals surface area contributed by atoms with Crippen LogP contribution in [0.3, 0.4) is 0 Å². The molecule has 2 heterocycles. The number of carboxylic acids is 1. The molecule has 7 nitrogen and oxygen atoms in total. The lowest BCUT2D eigenvalue weighted by atomic mass is 10.1. The van der Waals surface area contributed by atoms with Crippen molar-refractivity contribution >= 4 is 17.6 Å². The first-order chi connectivity index (χ1) is 12.5. The second kappa shape index (κ2) is 6.17. The highest BCUT2D eigenvalue weighted by atomic mass is 19.1. The molecule has 4 rings (SSSR count). The average Bonchev–Trinajstić information content (AvgIpc) is 3.36. The second-order valence-electron chi connectivity index (χ2n) is 5.93. The van der Waals surface area contributed by atoms with Crippen LogP contribution in [-0.2, 0) is 0 Å². The molecule has 1 aliphatic carbocycles. The van der Waals surface area contributed by atoms with Gasteiger partial charge in [0.2, 0.25) is 5.95 Å². The number of carboxylic acid groups (broad SMARTS) is 1. The van der Waals surface area contributed by atoms with Gasteiger partial charge in [-0.2, -0.15) is 5.10 Å². The Morgan fingerprint density at radius 3 is 2.81 bits per heavy atom. The molecule has 1 aliphatic rings. The van der Waals surface area contributed by atoms with E-state index in [2.05, 4.69) is 20.4 Å². The molecule has 0 amide bonds. The minimum atomic E-state index is -1.44. The van der Waals surface area contributed by atoms with Gasteiger partial charge in [-0.25, -0.2) is 23.5 Å². The van der Waals surface area contributed by atoms with Crippen molar-refractivity contribution < 1.29 is 18.7 Å². The van der Waals surface area contributed by atoms with Crippen LogP contribution in [0.2, 0.25) is 0 Å². The molecule has 0 radical (unpaired) electrons. The van der Waals surface area contributed by atoms with E-state index in [1.807, 2.05) is 4.68 Å². The van der Waals surface area contributed by atoms with E-state index in [9.17, 15) is 13.6 Å². The van der Waals surface area contributed by atoms with Crippen molar-refractivity contribution in [3.63, 3.8) is 0 Å². The van der Waals surface area contributed by atoms with Crippen molar-refractivity contribution in [2.75, 3.05) is 5.32 Å². The SMILES string of the molecule is O=C(O)c1cccc(-c2nc(Nc3cnn(C4CC4)c3)ncc2F)c1F. The van der Waals surface area contributed by atoms with E-state index in [1.54, 1.807) is 12.4 Å². The van der Waals surface area contributed by atoms with Crippen LogP contribution in [0.5, 0.6) is 0 Å². The summed E-state index contributed by atoms with van der Waals surface area (Å²) in [5.74, 6) is -3.29. The predicted molar refractivity (Wildman–Crippen MR) is 88.1 cm³/mol. The number of hydrogen-bond acceptors (Lipinski definition) is 5. The molecule has 26 heavy (non-hydrogen) atoms. The summed E-state index contributed by atoms with van der Waals surface area (Å²) in [6.07, 6.45) is 6.45. The molecule has 9 heteroatoms. The van der Waals surface area contributed by atoms with Gasteiger partial charge in [-0.15, -0.1) is 0 Å². The number of carbonyl (C=O) groups is 1. The zero-order valence-corrected chi connectivity index (χ0v) is 13.4. The van der Waals surface area contributed by atoms with Crippen LogP contribution in [0.15, 0.2) is 36.8 Å². The number of halogens is 2. The average molecular weight is 357 g/mol. The molecule has 1 aromatic carbocycles. The quantitative estimate of drug-likeness (QED) is 0.727. The number of hydrogen-bond donors (Lipinski definition) is 2. The first-order valence-electron chi connectivity index (χ1n) is 7.89. The molecule has 0 bridgehead atoms. The highest BCUT2D eigenvalue weighted by Gasteiger charge is 2.24. The molecule has 2 aromatic heterocycles. The van der Waals surface area contributed by atoms with Crippen LogP contribution in [0.25, 0.3) is 11.3 Å². The Kier molecular flexibility index (Phi) is 3.83. The molecular formula is C17H13F2N5O2. The molecule has 1 saturated carbocycles. The van der Waals surface area contributed by atoms with E-state index in [-0.39, 0.29) is 17.2 Å². The fourth-order valence-corrected chi connectivity index (χ4v) is 2.57. The zero-order valence-electron chi connectivity index (χ0n) is 13.4. The summed E-state index contributed by atoms with van der Waals surface area (Å²) in [4.78, 5) is 18.9. The van der Waals surface area contributed by atoms with E-state index in [4.69, 9.17) is 5.11 Å². The third kappa shape index (κ3) is 2.99. The Bertz CT molecular complexity index is 1000. The summed E-state index contributed by atoms with van der Waals surface area (Å²) in [7, 11) is 0. The standard InChI is InChI=1S/C17H13F2N5O2/c18-13-7-20-17(22-9-6-21-24(8-9)10-4-5-10)23-15(13)11-2-1-3-12(14(11)19)16(25)26/h1-3,6-8,10H,4-5H2,(H,25,26)(H,20,22,23). The summed E-state index contributed by atoms with van der Waals surface area (Å²) in [5, 5.41) is 16.1. The third-order valence-electron chi connectivity index (χ3n) is 4.01. The molecule has 0 unspecified atom stereocenters. The van der Waals surface area contributed by atoms with Gasteiger partial charge in [0, 0.05) is 11.8 Å². The van der Waals surface area contributed by atoms with Crippen LogP contribution in [0, 0.1) is 11.6 Å². The molecule has 0 saturated heterocycles. The van der Waals surface area contributed by atoms with Gasteiger partial charge in [0.1, 0.15) is 11.5 Å². The number of anilines is 2. The first-order valence-corrected chi connectivity index (χ1v) is 7.89. The molecule has 0 aliphatic heterocycles. The minimum absolute atomic E-state index is 0.0527. The molecular weight excluding hydrogens is 344 g/mol. The van der Waals surface area contributed by atoms with Crippen LogP contribution in [0.1, 0.15) is 29.2 Å². The number of benzene rings is 1. The maximum atomic E-state index is 14.4. The number of rotatable bonds is 5. The lowest BCUT2D eigenvalue weighted by Crippen LogP contribution is -2.05. The topological polar surface area (TPSA) is 92.9 Å².